The van der Waals surface area contributed by atoms with E-state index in [1.807, 2.05) is 6.92 Å². The van der Waals surface area contributed by atoms with Gasteiger partial charge in [0.2, 0.25) is 0 Å². The summed E-state index contributed by atoms with van der Waals surface area (Å²) in [5.41, 5.74) is 0. The third kappa shape index (κ3) is 149. The molecule has 0 aliphatic heterocycles. The van der Waals surface area contributed by atoms with E-state index in [4.69, 9.17) is 5.26 Å². The standard InChI is InChI=1S/C4H8O.C2H3N.H2O/c1-3-4(2)5;1-2-3;/h3H2,1-2H3;1H3;1H2. The van der Waals surface area contributed by atoms with Crippen molar-refractivity contribution in [3.8, 4) is 6.07 Å². The van der Waals surface area contributed by atoms with Gasteiger partial charge in [-0.25, -0.2) is 0 Å². The minimum Gasteiger partial charge on any atom is -0.412 e. The van der Waals surface area contributed by atoms with Crippen LogP contribution in [0.3, 0.4) is 0 Å². The molecule has 0 aromatic carbocycles. The summed E-state index contributed by atoms with van der Waals surface area (Å²) in [6.45, 7) is 4.86. The highest BCUT2D eigenvalue weighted by Crippen LogP contribution is 1.71. The predicted molar refractivity (Wildman–Crippen MR) is 35.9 cm³/mol. The second kappa shape index (κ2) is 15.7. The molecule has 0 amide bonds. The lowest BCUT2D eigenvalue weighted by molar-refractivity contribution is -0.116. The lowest BCUT2D eigenvalue weighted by Gasteiger charge is -1.71. The van der Waals surface area contributed by atoms with E-state index in [1.165, 1.54) is 6.92 Å². The third-order valence-electron chi connectivity index (χ3n) is 0.498. The summed E-state index contributed by atoms with van der Waals surface area (Å²) in [5.74, 6) is 0.255. The normalized spacial score (nSPS) is 5.11. The molecular formula is C6H13NO2. The highest BCUT2D eigenvalue weighted by Gasteiger charge is 1.76. The van der Waals surface area contributed by atoms with Crippen LogP contribution >= 0.6 is 0 Å². The highest BCUT2D eigenvalue weighted by atomic mass is 16.1. The van der Waals surface area contributed by atoms with Gasteiger partial charge < -0.3 is 10.3 Å². The van der Waals surface area contributed by atoms with Crippen molar-refractivity contribution < 1.29 is 10.3 Å². The lowest BCUT2D eigenvalue weighted by Crippen LogP contribution is -1.80. The summed E-state index contributed by atoms with van der Waals surface area (Å²) in [7, 11) is 0. The molecule has 0 aliphatic carbocycles. The average Bonchev–Trinajstić information content (AvgIpc) is 1.69. The first-order valence-electron chi connectivity index (χ1n) is 2.49. The zero-order valence-electron chi connectivity index (χ0n) is 6.06. The van der Waals surface area contributed by atoms with Crippen molar-refractivity contribution in [3.63, 3.8) is 0 Å². The lowest BCUT2D eigenvalue weighted by atomic mass is 10.4. The molecule has 2 N–H and O–H groups in total. The van der Waals surface area contributed by atoms with Gasteiger partial charge in [0.15, 0.2) is 0 Å². The van der Waals surface area contributed by atoms with Crippen molar-refractivity contribution in [2.24, 2.45) is 0 Å². The molecule has 3 heteroatoms. The molecule has 0 radical (unpaired) electrons. The van der Waals surface area contributed by atoms with Gasteiger partial charge in [-0.05, 0) is 6.92 Å². The SMILES string of the molecule is CC#N.CCC(C)=O.O. The van der Waals surface area contributed by atoms with Crippen LogP contribution in [0, 0.1) is 11.3 Å². The van der Waals surface area contributed by atoms with Crippen LogP contribution in [0.2, 0.25) is 0 Å². The topological polar surface area (TPSA) is 72.4 Å². The quantitative estimate of drug-likeness (QED) is 0.525. The molecule has 0 heterocycles. The summed E-state index contributed by atoms with van der Waals surface area (Å²) >= 11 is 0. The Bertz CT molecular complexity index is 93.7. The Kier molecular flexibility index (Phi) is 27.4. The Labute approximate surface area is 55.6 Å². The summed E-state index contributed by atoms with van der Waals surface area (Å²) < 4.78 is 0. The molecule has 0 aromatic heterocycles. The van der Waals surface area contributed by atoms with E-state index < -0.39 is 0 Å². The Morgan fingerprint density at radius 3 is 1.78 bits per heavy atom. The number of ketones is 1. The summed E-state index contributed by atoms with van der Waals surface area (Å²) in [4.78, 5) is 9.81. The maximum absolute atomic E-state index is 9.81. The maximum Gasteiger partial charge on any atom is 0.129 e. The van der Waals surface area contributed by atoms with Crippen molar-refractivity contribution in [1.29, 1.82) is 5.26 Å². The fourth-order valence-corrected chi connectivity index (χ4v) is 0. The molecule has 9 heavy (non-hydrogen) atoms. The molecule has 0 rings (SSSR count). The average molecular weight is 131 g/mol. The third-order valence-corrected chi connectivity index (χ3v) is 0.498. The molecule has 0 atom stereocenters. The van der Waals surface area contributed by atoms with Gasteiger partial charge in [-0.3, -0.25) is 0 Å². The Morgan fingerprint density at radius 1 is 1.67 bits per heavy atom. The van der Waals surface area contributed by atoms with Crippen molar-refractivity contribution in [2.45, 2.75) is 27.2 Å². The minimum absolute atomic E-state index is 0. The maximum atomic E-state index is 9.81. The van der Waals surface area contributed by atoms with E-state index in [9.17, 15) is 4.79 Å². The smallest absolute Gasteiger partial charge is 0.129 e. The monoisotopic (exact) mass is 131 g/mol. The molecule has 0 aromatic rings. The molecule has 0 aliphatic rings. The Hall–Kier alpha value is -0.880. The van der Waals surface area contributed by atoms with E-state index in [2.05, 4.69) is 0 Å². The van der Waals surface area contributed by atoms with Gasteiger partial charge in [0.05, 0.1) is 6.07 Å². The fraction of sp³-hybridized carbons (Fsp3) is 0.667. The summed E-state index contributed by atoms with van der Waals surface area (Å²) in [5, 5.41) is 7.32. The molecule has 54 valence electrons. The molecule has 0 fully saturated rings. The minimum atomic E-state index is 0. The van der Waals surface area contributed by atoms with Crippen LogP contribution in [0.1, 0.15) is 27.2 Å². The zero-order chi connectivity index (χ0) is 6.99. The number of nitriles is 1. The first-order valence-corrected chi connectivity index (χ1v) is 2.49. The van der Waals surface area contributed by atoms with Crippen LogP contribution in [0.25, 0.3) is 0 Å². The van der Waals surface area contributed by atoms with Crippen LogP contribution in [0.4, 0.5) is 0 Å². The highest BCUT2D eigenvalue weighted by molar-refractivity contribution is 5.74. The van der Waals surface area contributed by atoms with Crippen LogP contribution in [0.15, 0.2) is 0 Å². The number of hydrogen-bond donors (Lipinski definition) is 0. The van der Waals surface area contributed by atoms with Gasteiger partial charge in [-0.15, -0.1) is 0 Å². The first kappa shape index (κ1) is 15.7. The first-order chi connectivity index (χ1) is 3.68. The van der Waals surface area contributed by atoms with E-state index in [0.29, 0.717) is 6.42 Å². The Morgan fingerprint density at radius 2 is 1.78 bits per heavy atom. The predicted octanol–water partition coefficient (Wildman–Crippen LogP) is 0.691. The van der Waals surface area contributed by atoms with Crippen LogP contribution in [-0.4, -0.2) is 11.3 Å². The second-order valence-corrected chi connectivity index (χ2v) is 1.28. The van der Waals surface area contributed by atoms with E-state index >= 15 is 0 Å². The molecule has 0 bridgehead atoms. The summed E-state index contributed by atoms with van der Waals surface area (Å²) in [6.07, 6.45) is 0.667. The van der Waals surface area contributed by atoms with Gasteiger partial charge in [-0.2, -0.15) is 5.26 Å². The van der Waals surface area contributed by atoms with E-state index in [1.54, 1.807) is 13.0 Å². The zero-order valence-corrected chi connectivity index (χ0v) is 6.06. The molecule has 0 saturated carbocycles. The van der Waals surface area contributed by atoms with E-state index in [-0.39, 0.29) is 11.3 Å². The molecule has 3 nitrogen and oxygen atoms in total. The van der Waals surface area contributed by atoms with Gasteiger partial charge >= 0.3 is 0 Å². The van der Waals surface area contributed by atoms with Crippen LogP contribution < -0.4 is 0 Å². The van der Waals surface area contributed by atoms with Gasteiger partial charge in [0, 0.05) is 13.3 Å². The number of carbonyl (C=O) groups is 1. The number of Topliss-reactive ketones (excluding diaryl/α,β-unsaturated/α-hetero) is 1. The van der Waals surface area contributed by atoms with Crippen LogP contribution in [0.5, 0.6) is 0 Å². The van der Waals surface area contributed by atoms with Crippen molar-refractivity contribution in [2.75, 3.05) is 0 Å². The largest absolute Gasteiger partial charge is 0.412 e. The van der Waals surface area contributed by atoms with Gasteiger partial charge in [0.1, 0.15) is 5.78 Å². The number of carbonyl (C=O) groups excluding carboxylic acids is 1. The van der Waals surface area contributed by atoms with Crippen LogP contribution in [-0.2, 0) is 4.79 Å². The number of nitrogens with zero attached hydrogens (tertiary/aromatic N) is 1. The van der Waals surface area contributed by atoms with Gasteiger partial charge in [-0.1, -0.05) is 6.92 Å². The van der Waals surface area contributed by atoms with Crippen molar-refractivity contribution >= 4 is 5.78 Å². The number of hydrogen-bond acceptors (Lipinski definition) is 2. The number of rotatable bonds is 1. The molecule has 0 unspecified atom stereocenters. The summed E-state index contributed by atoms with van der Waals surface area (Å²) in [6, 6.07) is 1.75. The van der Waals surface area contributed by atoms with E-state index in [0.717, 1.165) is 0 Å². The molecule has 0 saturated heterocycles. The Balaban J connectivity index is -0.0000000800. The van der Waals surface area contributed by atoms with Crippen molar-refractivity contribution in [3.05, 3.63) is 0 Å². The van der Waals surface area contributed by atoms with Gasteiger partial charge in [0.25, 0.3) is 0 Å². The molecule has 0 spiro atoms. The second-order valence-electron chi connectivity index (χ2n) is 1.28. The fourth-order valence-electron chi connectivity index (χ4n) is 0. The van der Waals surface area contributed by atoms with Crippen molar-refractivity contribution in [1.82, 2.24) is 0 Å². The molecular weight excluding hydrogens is 118 g/mol.